The lowest BCUT2D eigenvalue weighted by molar-refractivity contribution is 0.557. The minimum Gasteiger partial charge on any atom is -0.324 e. The SMILES string of the molecule is Cc1nccc(-c2ncc3c(n2)CCCC3N)n1. The Morgan fingerprint density at radius 3 is 3.00 bits per heavy atom. The van der Waals surface area contributed by atoms with Crippen molar-refractivity contribution < 1.29 is 0 Å². The molecule has 18 heavy (non-hydrogen) atoms. The molecular formula is C13H15N5. The molecule has 0 saturated carbocycles. The number of nitrogens with zero attached hydrogens (tertiary/aromatic N) is 4. The summed E-state index contributed by atoms with van der Waals surface area (Å²) in [6, 6.07) is 1.91. The summed E-state index contributed by atoms with van der Waals surface area (Å²) in [5, 5.41) is 0. The summed E-state index contributed by atoms with van der Waals surface area (Å²) in [4.78, 5) is 17.4. The summed E-state index contributed by atoms with van der Waals surface area (Å²) >= 11 is 0. The first-order chi connectivity index (χ1) is 8.74. The highest BCUT2D eigenvalue weighted by Crippen LogP contribution is 2.27. The summed E-state index contributed by atoms with van der Waals surface area (Å²) in [5.41, 5.74) is 8.97. The number of hydrogen-bond donors (Lipinski definition) is 1. The van der Waals surface area contributed by atoms with Crippen molar-refractivity contribution in [2.75, 3.05) is 0 Å². The average molecular weight is 241 g/mol. The largest absolute Gasteiger partial charge is 0.324 e. The molecular weight excluding hydrogens is 226 g/mol. The summed E-state index contributed by atoms with van der Waals surface area (Å²) in [6.07, 6.45) is 6.66. The molecule has 0 bridgehead atoms. The van der Waals surface area contributed by atoms with Crippen LogP contribution in [0.15, 0.2) is 18.5 Å². The van der Waals surface area contributed by atoms with Crippen LogP contribution in [0.1, 0.15) is 36.0 Å². The van der Waals surface area contributed by atoms with E-state index in [0.29, 0.717) is 5.82 Å². The minimum absolute atomic E-state index is 0.0786. The fraction of sp³-hybridized carbons (Fsp3) is 0.385. The van der Waals surface area contributed by atoms with E-state index in [9.17, 15) is 0 Å². The van der Waals surface area contributed by atoms with Gasteiger partial charge in [0, 0.05) is 29.7 Å². The lowest BCUT2D eigenvalue weighted by Gasteiger charge is -2.20. The van der Waals surface area contributed by atoms with Gasteiger partial charge in [-0.15, -0.1) is 0 Å². The van der Waals surface area contributed by atoms with Crippen molar-refractivity contribution in [3.05, 3.63) is 35.5 Å². The fourth-order valence-electron chi connectivity index (χ4n) is 2.29. The molecule has 2 aromatic rings. The molecule has 0 spiro atoms. The maximum absolute atomic E-state index is 6.05. The second kappa shape index (κ2) is 4.42. The maximum atomic E-state index is 6.05. The smallest absolute Gasteiger partial charge is 0.178 e. The van der Waals surface area contributed by atoms with E-state index in [4.69, 9.17) is 5.73 Å². The van der Waals surface area contributed by atoms with Gasteiger partial charge in [-0.2, -0.15) is 0 Å². The van der Waals surface area contributed by atoms with Gasteiger partial charge in [0.25, 0.3) is 0 Å². The number of rotatable bonds is 1. The van der Waals surface area contributed by atoms with Crippen molar-refractivity contribution in [1.29, 1.82) is 0 Å². The molecule has 0 radical (unpaired) electrons. The topological polar surface area (TPSA) is 77.6 Å². The van der Waals surface area contributed by atoms with E-state index in [-0.39, 0.29) is 6.04 Å². The minimum atomic E-state index is 0.0786. The Morgan fingerprint density at radius 1 is 1.28 bits per heavy atom. The van der Waals surface area contributed by atoms with Crippen LogP contribution in [-0.4, -0.2) is 19.9 Å². The van der Waals surface area contributed by atoms with E-state index in [1.165, 1.54) is 0 Å². The molecule has 1 unspecified atom stereocenters. The number of hydrogen-bond acceptors (Lipinski definition) is 5. The van der Waals surface area contributed by atoms with E-state index in [0.717, 1.165) is 42.0 Å². The highest BCUT2D eigenvalue weighted by molar-refractivity contribution is 5.49. The molecule has 92 valence electrons. The Morgan fingerprint density at radius 2 is 2.17 bits per heavy atom. The van der Waals surface area contributed by atoms with Crippen molar-refractivity contribution in [3.8, 4) is 11.5 Å². The van der Waals surface area contributed by atoms with Gasteiger partial charge < -0.3 is 5.73 Å². The predicted molar refractivity (Wildman–Crippen MR) is 67.7 cm³/mol. The zero-order valence-corrected chi connectivity index (χ0v) is 10.3. The third-order valence-corrected chi connectivity index (χ3v) is 3.23. The Balaban J connectivity index is 2.04. The van der Waals surface area contributed by atoms with E-state index >= 15 is 0 Å². The van der Waals surface area contributed by atoms with Gasteiger partial charge >= 0.3 is 0 Å². The molecule has 5 heteroatoms. The monoisotopic (exact) mass is 241 g/mol. The third kappa shape index (κ3) is 1.97. The molecule has 1 aliphatic carbocycles. The first kappa shape index (κ1) is 11.2. The van der Waals surface area contributed by atoms with Gasteiger partial charge in [0.15, 0.2) is 5.82 Å². The number of aryl methyl sites for hydroxylation is 2. The van der Waals surface area contributed by atoms with Crippen molar-refractivity contribution in [2.24, 2.45) is 5.73 Å². The molecule has 3 rings (SSSR count). The van der Waals surface area contributed by atoms with Crippen LogP contribution >= 0.6 is 0 Å². The molecule has 0 saturated heterocycles. The number of nitrogens with two attached hydrogens (primary N) is 1. The van der Waals surface area contributed by atoms with Crippen molar-refractivity contribution in [1.82, 2.24) is 19.9 Å². The van der Waals surface area contributed by atoms with E-state index in [2.05, 4.69) is 19.9 Å². The molecule has 0 amide bonds. The second-order valence-corrected chi connectivity index (χ2v) is 4.58. The zero-order valence-electron chi connectivity index (χ0n) is 10.3. The molecule has 0 aromatic carbocycles. The van der Waals surface area contributed by atoms with Crippen molar-refractivity contribution in [2.45, 2.75) is 32.2 Å². The average Bonchev–Trinajstić information content (AvgIpc) is 2.39. The molecule has 2 N–H and O–H groups in total. The van der Waals surface area contributed by atoms with E-state index in [1.54, 1.807) is 6.20 Å². The van der Waals surface area contributed by atoms with Gasteiger partial charge in [-0.25, -0.2) is 19.9 Å². The van der Waals surface area contributed by atoms with Gasteiger partial charge in [-0.05, 0) is 32.3 Å². The molecule has 1 atom stereocenters. The Bertz CT molecular complexity index is 581. The van der Waals surface area contributed by atoms with Gasteiger partial charge in [-0.1, -0.05) is 0 Å². The van der Waals surface area contributed by atoms with Crippen LogP contribution in [-0.2, 0) is 6.42 Å². The molecule has 0 fully saturated rings. The quantitative estimate of drug-likeness (QED) is 0.820. The van der Waals surface area contributed by atoms with Crippen LogP contribution in [0.5, 0.6) is 0 Å². The van der Waals surface area contributed by atoms with Gasteiger partial charge in [0.05, 0.1) is 0 Å². The lowest BCUT2D eigenvalue weighted by Crippen LogP contribution is -2.19. The zero-order chi connectivity index (χ0) is 12.5. The second-order valence-electron chi connectivity index (χ2n) is 4.58. The van der Waals surface area contributed by atoms with E-state index in [1.807, 2.05) is 19.2 Å². The number of fused-ring (bicyclic) bond motifs is 1. The third-order valence-electron chi connectivity index (χ3n) is 3.23. The van der Waals surface area contributed by atoms with Crippen molar-refractivity contribution in [3.63, 3.8) is 0 Å². The highest BCUT2D eigenvalue weighted by atomic mass is 15.0. The van der Waals surface area contributed by atoms with Gasteiger partial charge in [0.2, 0.25) is 0 Å². The standard InChI is InChI=1S/C13H15N5/c1-8-15-6-5-12(17-8)13-16-7-9-10(14)3-2-4-11(9)18-13/h5-7,10H,2-4,14H2,1H3. The van der Waals surface area contributed by atoms with Crippen LogP contribution in [0.4, 0.5) is 0 Å². The van der Waals surface area contributed by atoms with Crippen LogP contribution in [0.25, 0.3) is 11.5 Å². The maximum Gasteiger partial charge on any atom is 0.178 e. The molecule has 5 nitrogen and oxygen atoms in total. The first-order valence-corrected chi connectivity index (χ1v) is 6.15. The van der Waals surface area contributed by atoms with Crippen LogP contribution in [0, 0.1) is 6.92 Å². The van der Waals surface area contributed by atoms with E-state index < -0.39 is 0 Å². The van der Waals surface area contributed by atoms with Gasteiger partial charge in [0.1, 0.15) is 11.5 Å². The van der Waals surface area contributed by atoms with Gasteiger partial charge in [-0.3, -0.25) is 0 Å². The van der Waals surface area contributed by atoms with Crippen LogP contribution in [0.3, 0.4) is 0 Å². The molecule has 1 aliphatic rings. The molecule has 2 aromatic heterocycles. The van der Waals surface area contributed by atoms with Crippen LogP contribution in [0.2, 0.25) is 0 Å². The number of aromatic nitrogens is 4. The van der Waals surface area contributed by atoms with Crippen LogP contribution < -0.4 is 5.73 Å². The summed E-state index contributed by atoms with van der Waals surface area (Å²) in [6.45, 7) is 1.86. The fourth-order valence-corrected chi connectivity index (χ4v) is 2.29. The lowest BCUT2D eigenvalue weighted by atomic mass is 9.93. The highest BCUT2D eigenvalue weighted by Gasteiger charge is 2.19. The molecule has 0 aliphatic heterocycles. The Hall–Kier alpha value is -1.88. The summed E-state index contributed by atoms with van der Waals surface area (Å²) < 4.78 is 0. The molecule has 2 heterocycles. The first-order valence-electron chi connectivity index (χ1n) is 6.15. The van der Waals surface area contributed by atoms with Crippen molar-refractivity contribution >= 4 is 0 Å². The summed E-state index contributed by atoms with van der Waals surface area (Å²) in [5.74, 6) is 1.39. The predicted octanol–water partition coefficient (Wildman–Crippen LogP) is 1.58. The summed E-state index contributed by atoms with van der Waals surface area (Å²) in [7, 11) is 0. The Kier molecular flexibility index (Phi) is 2.76. The normalized spacial score (nSPS) is 18.4. The Labute approximate surface area is 106 Å².